The van der Waals surface area contributed by atoms with E-state index in [9.17, 15) is 9.18 Å². The van der Waals surface area contributed by atoms with Gasteiger partial charge >= 0.3 is 0 Å². The summed E-state index contributed by atoms with van der Waals surface area (Å²) < 4.78 is 21.7. The third-order valence-corrected chi connectivity index (χ3v) is 6.73. The molecule has 3 aromatic rings. The van der Waals surface area contributed by atoms with Crippen LogP contribution in [0.25, 0.3) is 0 Å². The number of ether oxygens (including phenoxy) is 1. The van der Waals surface area contributed by atoms with Crippen LogP contribution in [-0.2, 0) is 17.8 Å². The van der Waals surface area contributed by atoms with Gasteiger partial charge in [-0.25, -0.2) is 9.37 Å². The molecule has 0 aliphatic carbocycles. The van der Waals surface area contributed by atoms with Gasteiger partial charge in [-0.3, -0.25) is 4.79 Å². The van der Waals surface area contributed by atoms with Crippen molar-refractivity contribution in [2.75, 3.05) is 13.2 Å². The lowest BCUT2D eigenvalue weighted by Gasteiger charge is -2.33. The number of rotatable bonds is 6. The molecule has 0 spiro atoms. The number of imidazole rings is 1. The van der Waals surface area contributed by atoms with Crippen LogP contribution in [0.1, 0.15) is 47.7 Å². The summed E-state index contributed by atoms with van der Waals surface area (Å²) in [7, 11) is 0. The molecule has 5 nitrogen and oxygen atoms in total. The van der Waals surface area contributed by atoms with E-state index < -0.39 is 0 Å². The van der Waals surface area contributed by atoms with Crippen molar-refractivity contribution in [1.82, 2.24) is 14.5 Å². The SMILES string of the molecule is Cc1ccc(Cn2cncc2CC[C@H]2CCN(C3CCOc4ccc(F)cc43)C2=O)cc1. The first-order valence-electron chi connectivity index (χ1n) is 11.4. The number of aromatic nitrogens is 2. The molecule has 1 amide bonds. The van der Waals surface area contributed by atoms with Gasteiger partial charge in [-0.2, -0.15) is 0 Å². The standard InChI is InChI=1S/C26H28FN3O2/c1-18-2-4-19(5-3-18)16-29-17-28-15-22(29)8-6-20-10-12-30(26(20)31)24-11-13-32-25-9-7-21(27)14-23(24)25/h2-5,7,9,14-15,17,20,24H,6,8,10-13,16H2,1H3/t20-,24?/m0/s1. The van der Waals surface area contributed by atoms with Crippen molar-refractivity contribution in [2.24, 2.45) is 5.92 Å². The van der Waals surface area contributed by atoms with E-state index in [4.69, 9.17) is 4.74 Å². The lowest BCUT2D eigenvalue weighted by Crippen LogP contribution is -2.35. The highest BCUT2D eigenvalue weighted by molar-refractivity contribution is 5.81. The predicted molar refractivity (Wildman–Crippen MR) is 120 cm³/mol. The van der Waals surface area contributed by atoms with Crippen LogP contribution in [0, 0.1) is 18.7 Å². The highest BCUT2D eigenvalue weighted by Crippen LogP contribution is 2.40. The van der Waals surface area contributed by atoms with Gasteiger partial charge < -0.3 is 14.2 Å². The van der Waals surface area contributed by atoms with Crippen LogP contribution < -0.4 is 4.74 Å². The number of likely N-dealkylation sites (tertiary alicyclic amines) is 1. The molecule has 1 aromatic heterocycles. The monoisotopic (exact) mass is 433 g/mol. The molecular weight excluding hydrogens is 405 g/mol. The quantitative estimate of drug-likeness (QED) is 0.567. The molecule has 6 heteroatoms. The number of carbonyl (C=O) groups excluding carboxylic acids is 1. The van der Waals surface area contributed by atoms with E-state index in [2.05, 4.69) is 40.7 Å². The fourth-order valence-corrected chi connectivity index (χ4v) is 4.92. The fraction of sp³-hybridized carbons (Fsp3) is 0.385. The molecule has 1 saturated heterocycles. The minimum Gasteiger partial charge on any atom is -0.493 e. The molecule has 32 heavy (non-hydrogen) atoms. The van der Waals surface area contributed by atoms with Gasteiger partial charge in [0, 0.05) is 42.9 Å². The Bertz CT molecular complexity index is 1110. The number of amides is 1. The van der Waals surface area contributed by atoms with Gasteiger partial charge in [0.25, 0.3) is 0 Å². The highest BCUT2D eigenvalue weighted by atomic mass is 19.1. The van der Waals surface area contributed by atoms with Crippen LogP contribution in [0.15, 0.2) is 55.0 Å². The van der Waals surface area contributed by atoms with Gasteiger partial charge in [0.2, 0.25) is 5.91 Å². The van der Waals surface area contributed by atoms with Crippen molar-refractivity contribution in [2.45, 2.75) is 45.2 Å². The van der Waals surface area contributed by atoms with E-state index in [1.165, 1.54) is 23.3 Å². The zero-order chi connectivity index (χ0) is 22.1. The van der Waals surface area contributed by atoms with Crippen molar-refractivity contribution in [3.63, 3.8) is 0 Å². The third-order valence-electron chi connectivity index (χ3n) is 6.73. The summed E-state index contributed by atoms with van der Waals surface area (Å²) in [6.45, 7) is 4.14. The summed E-state index contributed by atoms with van der Waals surface area (Å²) in [5.41, 5.74) is 4.43. The van der Waals surface area contributed by atoms with Crippen LogP contribution in [0.5, 0.6) is 5.75 Å². The van der Waals surface area contributed by atoms with Gasteiger partial charge in [0.15, 0.2) is 0 Å². The molecule has 166 valence electrons. The molecule has 1 fully saturated rings. The van der Waals surface area contributed by atoms with Gasteiger partial charge in [0.1, 0.15) is 11.6 Å². The largest absolute Gasteiger partial charge is 0.493 e. The topological polar surface area (TPSA) is 47.4 Å². The maximum Gasteiger partial charge on any atom is 0.226 e. The highest BCUT2D eigenvalue weighted by Gasteiger charge is 2.38. The number of fused-ring (bicyclic) bond motifs is 1. The normalized spacial score (nSPS) is 20.3. The fourth-order valence-electron chi connectivity index (χ4n) is 4.92. The molecule has 0 N–H and O–H groups in total. The number of halogens is 1. The van der Waals surface area contributed by atoms with Crippen molar-refractivity contribution in [3.8, 4) is 5.75 Å². The van der Waals surface area contributed by atoms with Gasteiger partial charge in [-0.1, -0.05) is 29.8 Å². The second kappa shape index (κ2) is 8.77. The molecule has 2 atom stereocenters. The predicted octanol–water partition coefficient (Wildman–Crippen LogP) is 4.68. The smallest absolute Gasteiger partial charge is 0.226 e. The molecule has 2 aliphatic heterocycles. The van der Waals surface area contributed by atoms with E-state index >= 15 is 0 Å². The lowest BCUT2D eigenvalue weighted by molar-refractivity contribution is -0.133. The Hall–Kier alpha value is -3.15. The minimum atomic E-state index is -0.288. The second-order valence-electron chi connectivity index (χ2n) is 8.89. The van der Waals surface area contributed by atoms with Gasteiger partial charge in [-0.15, -0.1) is 0 Å². The molecular formula is C26H28FN3O2. The first-order chi connectivity index (χ1) is 15.6. The van der Waals surface area contributed by atoms with E-state index in [1.807, 2.05) is 17.4 Å². The summed E-state index contributed by atoms with van der Waals surface area (Å²) in [5, 5.41) is 0. The number of hydrogen-bond acceptors (Lipinski definition) is 3. The Morgan fingerprint density at radius 1 is 1.16 bits per heavy atom. The Morgan fingerprint density at radius 3 is 2.84 bits per heavy atom. The van der Waals surface area contributed by atoms with Crippen molar-refractivity contribution in [1.29, 1.82) is 0 Å². The molecule has 2 aromatic carbocycles. The summed E-state index contributed by atoms with van der Waals surface area (Å²) in [5.74, 6) is 0.581. The Kier molecular flexibility index (Phi) is 5.68. The lowest BCUT2D eigenvalue weighted by atomic mass is 9.98. The van der Waals surface area contributed by atoms with E-state index in [0.29, 0.717) is 25.3 Å². The van der Waals surface area contributed by atoms with Crippen molar-refractivity contribution < 1.29 is 13.9 Å². The van der Waals surface area contributed by atoms with Crippen LogP contribution in [0.2, 0.25) is 0 Å². The van der Waals surface area contributed by atoms with Crippen LogP contribution in [0.4, 0.5) is 4.39 Å². The second-order valence-corrected chi connectivity index (χ2v) is 8.89. The van der Waals surface area contributed by atoms with Crippen molar-refractivity contribution >= 4 is 5.91 Å². The van der Waals surface area contributed by atoms with Gasteiger partial charge in [0.05, 0.1) is 19.0 Å². The summed E-state index contributed by atoms with van der Waals surface area (Å²) >= 11 is 0. The third kappa shape index (κ3) is 4.14. The number of carbonyl (C=O) groups is 1. The molecule has 2 aliphatic rings. The summed E-state index contributed by atoms with van der Waals surface area (Å²) in [6.07, 6.45) is 6.93. The first kappa shape index (κ1) is 20.7. The average Bonchev–Trinajstić information content (AvgIpc) is 3.39. The molecule has 3 heterocycles. The van der Waals surface area contributed by atoms with Gasteiger partial charge in [-0.05, 0) is 49.9 Å². The summed E-state index contributed by atoms with van der Waals surface area (Å²) in [4.78, 5) is 19.5. The first-order valence-corrected chi connectivity index (χ1v) is 11.4. The number of aryl methyl sites for hydroxylation is 2. The van der Waals surface area contributed by atoms with E-state index in [1.54, 1.807) is 6.07 Å². The van der Waals surface area contributed by atoms with E-state index in [0.717, 1.165) is 37.1 Å². The molecule has 0 bridgehead atoms. The Balaban J connectivity index is 1.24. The Morgan fingerprint density at radius 2 is 2.00 bits per heavy atom. The molecule has 5 rings (SSSR count). The minimum absolute atomic E-state index is 0.00224. The van der Waals surface area contributed by atoms with Crippen LogP contribution in [0.3, 0.4) is 0 Å². The molecule has 0 radical (unpaired) electrons. The van der Waals surface area contributed by atoms with Crippen LogP contribution in [-0.4, -0.2) is 33.5 Å². The van der Waals surface area contributed by atoms with Crippen LogP contribution >= 0.6 is 0 Å². The Labute approximate surface area is 187 Å². The number of hydrogen-bond donors (Lipinski definition) is 0. The number of nitrogens with zero attached hydrogens (tertiary/aromatic N) is 3. The molecule has 0 saturated carbocycles. The maximum atomic E-state index is 13.9. The zero-order valence-corrected chi connectivity index (χ0v) is 18.3. The molecule has 1 unspecified atom stereocenters. The van der Waals surface area contributed by atoms with Crippen molar-refractivity contribution in [3.05, 3.63) is 83.2 Å². The number of benzene rings is 2. The average molecular weight is 434 g/mol. The van der Waals surface area contributed by atoms with E-state index in [-0.39, 0.29) is 23.7 Å². The maximum absolute atomic E-state index is 13.9. The summed E-state index contributed by atoms with van der Waals surface area (Å²) in [6, 6.07) is 13.0. The zero-order valence-electron chi connectivity index (χ0n) is 18.3.